The van der Waals surface area contributed by atoms with Crippen molar-refractivity contribution in [1.82, 2.24) is 4.90 Å². The Morgan fingerprint density at radius 3 is 2.82 bits per heavy atom. The van der Waals surface area contributed by atoms with Crippen molar-refractivity contribution in [3.8, 4) is 17.1 Å². The monoisotopic (exact) mass is 299 g/mol. The molecule has 0 spiro atoms. The second-order valence-electron chi connectivity index (χ2n) is 5.27. The molecule has 0 aliphatic carbocycles. The quantitative estimate of drug-likeness (QED) is 0.797. The van der Waals surface area contributed by atoms with Gasteiger partial charge in [-0.1, -0.05) is 0 Å². The summed E-state index contributed by atoms with van der Waals surface area (Å²) in [5.41, 5.74) is 1.79. The molecule has 2 heterocycles. The van der Waals surface area contributed by atoms with Crippen LogP contribution in [0.1, 0.15) is 29.0 Å². The molecule has 0 saturated carbocycles. The average molecular weight is 299 g/mol. The fraction of sp³-hybridized carbons (Fsp3) is 0.294. The average Bonchev–Trinajstić information content (AvgIpc) is 3.17. The van der Waals surface area contributed by atoms with Gasteiger partial charge in [0.1, 0.15) is 11.5 Å². The molecule has 5 heteroatoms. The zero-order valence-corrected chi connectivity index (χ0v) is 12.4. The summed E-state index contributed by atoms with van der Waals surface area (Å²) >= 11 is 0. The Morgan fingerprint density at radius 1 is 1.32 bits per heavy atom. The van der Waals surface area contributed by atoms with Crippen molar-refractivity contribution in [3.63, 3.8) is 0 Å². The summed E-state index contributed by atoms with van der Waals surface area (Å²) in [6.45, 7) is 1.30. The lowest BCUT2D eigenvalue weighted by Gasteiger charge is -2.18. The van der Waals surface area contributed by atoms with Crippen molar-refractivity contribution in [3.05, 3.63) is 41.7 Å². The van der Waals surface area contributed by atoms with Crippen molar-refractivity contribution >= 4 is 12.2 Å². The van der Waals surface area contributed by atoms with E-state index in [0.717, 1.165) is 29.8 Å². The van der Waals surface area contributed by atoms with Crippen LogP contribution < -0.4 is 4.74 Å². The van der Waals surface area contributed by atoms with Gasteiger partial charge in [-0.25, -0.2) is 0 Å². The van der Waals surface area contributed by atoms with Crippen LogP contribution in [0, 0.1) is 0 Å². The van der Waals surface area contributed by atoms with Crippen LogP contribution in [0.2, 0.25) is 0 Å². The first-order valence-electron chi connectivity index (χ1n) is 7.21. The Balaban J connectivity index is 1.91. The van der Waals surface area contributed by atoms with Crippen molar-refractivity contribution in [2.45, 2.75) is 19.4 Å². The number of nitrogens with zero attached hydrogens (tertiary/aromatic N) is 1. The Kier molecular flexibility index (Phi) is 3.96. The number of hydrogen-bond acceptors (Lipinski definition) is 4. The third-order valence-corrected chi connectivity index (χ3v) is 3.84. The van der Waals surface area contributed by atoms with E-state index >= 15 is 0 Å². The van der Waals surface area contributed by atoms with Gasteiger partial charge in [-0.2, -0.15) is 0 Å². The molecule has 1 fully saturated rings. The molecule has 22 heavy (non-hydrogen) atoms. The van der Waals surface area contributed by atoms with E-state index < -0.39 is 0 Å². The van der Waals surface area contributed by atoms with Crippen molar-refractivity contribution in [2.75, 3.05) is 13.7 Å². The van der Waals surface area contributed by atoms with Crippen molar-refractivity contribution in [1.29, 1.82) is 0 Å². The van der Waals surface area contributed by atoms with E-state index in [0.29, 0.717) is 30.8 Å². The molecule has 0 unspecified atom stereocenters. The van der Waals surface area contributed by atoms with Gasteiger partial charge in [-0.05, 0) is 36.8 Å². The summed E-state index contributed by atoms with van der Waals surface area (Å²) in [5, 5.41) is 0. The maximum atomic E-state index is 11.8. The highest BCUT2D eigenvalue weighted by atomic mass is 16.5. The van der Waals surface area contributed by atoms with Gasteiger partial charge in [0.05, 0.1) is 7.11 Å². The number of aldehydes is 1. The Bertz CT molecular complexity index is 704. The number of amides is 1. The number of rotatable bonds is 5. The van der Waals surface area contributed by atoms with Crippen LogP contribution in [0.25, 0.3) is 11.3 Å². The Labute approximate surface area is 128 Å². The lowest BCUT2D eigenvalue weighted by molar-refractivity contribution is -0.128. The standard InChI is InChI=1S/C17H17NO4/c1-21-15-6-4-12(16-7-5-14(11-19)22-16)9-13(15)10-18-8-2-3-17(18)20/h4-7,9,11H,2-3,8,10H2,1H3. The number of carbonyl (C=O) groups excluding carboxylic acids is 2. The smallest absolute Gasteiger partial charge is 0.222 e. The third kappa shape index (κ3) is 2.74. The lowest BCUT2D eigenvalue weighted by atomic mass is 10.1. The fourth-order valence-corrected chi connectivity index (χ4v) is 2.70. The fourth-order valence-electron chi connectivity index (χ4n) is 2.70. The Morgan fingerprint density at radius 2 is 2.18 bits per heavy atom. The minimum atomic E-state index is 0.175. The molecule has 3 rings (SSSR count). The van der Waals surface area contributed by atoms with Crippen LogP contribution >= 0.6 is 0 Å². The SMILES string of the molecule is COc1ccc(-c2ccc(C=O)o2)cc1CN1CCCC1=O. The number of hydrogen-bond donors (Lipinski definition) is 0. The van der Waals surface area contributed by atoms with Gasteiger partial charge in [0.15, 0.2) is 12.0 Å². The van der Waals surface area contributed by atoms with Gasteiger partial charge >= 0.3 is 0 Å². The number of benzene rings is 1. The molecule has 5 nitrogen and oxygen atoms in total. The normalized spacial score (nSPS) is 14.4. The first kappa shape index (κ1) is 14.4. The largest absolute Gasteiger partial charge is 0.496 e. The number of ether oxygens (including phenoxy) is 1. The summed E-state index contributed by atoms with van der Waals surface area (Å²) in [6, 6.07) is 9.07. The molecule has 1 aliphatic heterocycles. The minimum absolute atomic E-state index is 0.175. The zero-order valence-electron chi connectivity index (χ0n) is 12.4. The first-order valence-corrected chi connectivity index (χ1v) is 7.21. The van der Waals surface area contributed by atoms with Gasteiger partial charge in [0.2, 0.25) is 5.91 Å². The highest BCUT2D eigenvalue weighted by molar-refractivity contribution is 5.78. The van der Waals surface area contributed by atoms with E-state index in [9.17, 15) is 9.59 Å². The van der Waals surface area contributed by atoms with Crippen LogP contribution in [-0.4, -0.2) is 30.7 Å². The van der Waals surface area contributed by atoms with Crippen molar-refractivity contribution in [2.24, 2.45) is 0 Å². The second-order valence-corrected chi connectivity index (χ2v) is 5.27. The van der Waals surface area contributed by atoms with E-state index in [2.05, 4.69) is 0 Å². The lowest BCUT2D eigenvalue weighted by Crippen LogP contribution is -2.24. The maximum absolute atomic E-state index is 11.8. The van der Waals surface area contributed by atoms with Crippen LogP contribution in [0.4, 0.5) is 0 Å². The van der Waals surface area contributed by atoms with Gasteiger partial charge in [-0.3, -0.25) is 9.59 Å². The van der Waals surface area contributed by atoms with Gasteiger partial charge in [-0.15, -0.1) is 0 Å². The molecule has 1 aromatic carbocycles. The molecule has 0 bridgehead atoms. The summed E-state index contributed by atoms with van der Waals surface area (Å²) < 4.78 is 10.8. The predicted molar refractivity (Wildman–Crippen MR) is 80.7 cm³/mol. The van der Waals surface area contributed by atoms with E-state index in [-0.39, 0.29) is 5.91 Å². The second kappa shape index (κ2) is 6.05. The highest BCUT2D eigenvalue weighted by Crippen LogP contribution is 2.29. The number of carbonyl (C=O) groups is 2. The number of methoxy groups -OCH3 is 1. The van der Waals surface area contributed by atoms with Gasteiger partial charge in [0, 0.05) is 30.6 Å². The molecular formula is C17H17NO4. The van der Waals surface area contributed by atoms with E-state index in [1.165, 1.54) is 0 Å². The molecule has 1 aliphatic rings. The Hall–Kier alpha value is -2.56. The number of likely N-dealkylation sites (tertiary alicyclic amines) is 1. The van der Waals surface area contributed by atoms with Gasteiger partial charge in [0.25, 0.3) is 0 Å². The van der Waals surface area contributed by atoms with Gasteiger partial charge < -0.3 is 14.1 Å². The van der Waals surface area contributed by atoms with Crippen LogP contribution in [0.15, 0.2) is 34.7 Å². The molecule has 114 valence electrons. The van der Waals surface area contributed by atoms with Crippen LogP contribution in [-0.2, 0) is 11.3 Å². The zero-order chi connectivity index (χ0) is 15.5. The van der Waals surface area contributed by atoms with E-state index in [1.807, 2.05) is 23.1 Å². The topological polar surface area (TPSA) is 59.8 Å². The van der Waals surface area contributed by atoms with Crippen molar-refractivity contribution < 1.29 is 18.7 Å². The highest BCUT2D eigenvalue weighted by Gasteiger charge is 2.21. The summed E-state index contributed by atoms with van der Waals surface area (Å²) in [4.78, 5) is 24.4. The van der Waals surface area contributed by atoms with E-state index in [4.69, 9.17) is 9.15 Å². The minimum Gasteiger partial charge on any atom is -0.496 e. The summed E-state index contributed by atoms with van der Waals surface area (Å²) in [7, 11) is 1.61. The molecule has 1 amide bonds. The summed E-state index contributed by atoms with van der Waals surface area (Å²) in [6.07, 6.45) is 2.20. The summed E-state index contributed by atoms with van der Waals surface area (Å²) in [5.74, 6) is 1.83. The molecule has 2 aromatic rings. The van der Waals surface area contributed by atoms with E-state index in [1.54, 1.807) is 19.2 Å². The maximum Gasteiger partial charge on any atom is 0.222 e. The molecule has 0 radical (unpaired) electrons. The molecule has 0 N–H and O–H groups in total. The molecule has 1 aromatic heterocycles. The molecule has 0 atom stereocenters. The molecular weight excluding hydrogens is 282 g/mol. The third-order valence-electron chi connectivity index (χ3n) is 3.84. The van der Waals surface area contributed by atoms with Crippen LogP contribution in [0.5, 0.6) is 5.75 Å². The first-order chi connectivity index (χ1) is 10.7. The predicted octanol–water partition coefficient (Wildman–Crippen LogP) is 2.89. The molecule has 1 saturated heterocycles. The number of furan rings is 1. The van der Waals surface area contributed by atoms with Crippen LogP contribution in [0.3, 0.4) is 0 Å².